The number of carbonyl (C=O) groups is 1. The summed E-state index contributed by atoms with van der Waals surface area (Å²) in [6.45, 7) is 4.84. The van der Waals surface area contributed by atoms with Gasteiger partial charge in [0.2, 0.25) is 0 Å². The molecule has 1 amide bonds. The number of para-hydroxylation sites is 1. The van der Waals surface area contributed by atoms with Gasteiger partial charge in [0.05, 0.1) is 25.3 Å². The molecule has 0 aliphatic carbocycles. The van der Waals surface area contributed by atoms with Crippen molar-refractivity contribution in [3.05, 3.63) is 101 Å². The molecule has 6 rings (SSSR count). The van der Waals surface area contributed by atoms with E-state index in [1.165, 1.54) is 34.7 Å². The lowest BCUT2D eigenvalue weighted by atomic mass is 9.81. The number of hydrogen-bond donors (Lipinski definition) is 0. The monoisotopic (exact) mass is 495 g/mol. The molecule has 0 N–H and O–H groups in total. The third-order valence-corrected chi connectivity index (χ3v) is 8.00. The van der Waals surface area contributed by atoms with Crippen LogP contribution >= 0.6 is 0 Å². The van der Waals surface area contributed by atoms with E-state index in [0.29, 0.717) is 12.1 Å². The highest BCUT2D eigenvalue weighted by Crippen LogP contribution is 2.42. The first-order chi connectivity index (χ1) is 17.4. The van der Waals surface area contributed by atoms with Crippen LogP contribution in [0.3, 0.4) is 0 Å². The Bertz CT molecular complexity index is 1230. The third kappa shape index (κ3) is 4.72. The topological polar surface area (TPSA) is 29.5 Å². The fourth-order valence-electron chi connectivity index (χ4n) is 5.82. The van der Waals surface area contributed by atoms with Crippen molar-refractivity contribution < 1.29 is 27.2 Å². The van der Waals surface area contributed by atoms with Gasteiger partial charge in [-0.25, -0.2) is 18.0 Å². The highest BCUT2D eigenvalue weighted by molar-refractivity contribution is 5.87. The van der Waals surface area contributed by atoms with Crippen molar-refractivity contribution in [2.45, 2.75) is 38.5 Å². The van der Waals surface area contributed by atoms with Gasteiger partial charge in [-0.1, -0.05) is 48.5 Å². The first kappa shape index (κ1) is 24.4. The molecule has 2 bridgehead atoms. The van der Waals surface area contributed by atoms with Gasteiger partial charge >= 0.3 is 6.09 Å². The van der Waals surface area contributed by atoms with Crippen molar-refractivity contribution in [1.82, 2.24) is 0 Å². The normalized spacial score (nSPS) is 23.8. The number of amides is 1. The number of anilines is 1. The molecule has 36 heavy (non-hydrogen) atoms. The van der Waals surface area contributed by atoms with E-state index in [2.05, 4.69) is 19.1 Å². The highest BCUT2D eigenvalue weighted by atomic mass is 19.2. The van der Waals surface area contributed by atoms with Crippen molar-refractivity contribution in [3.63, 3.8) is 0 Å². The SMILES string of the molecule is CC(c1ccccc1)[N+]12CCC(CC1)[C@@H](OC(=O)N(Cc1ccc(F)c(F)c1)c1ccccc1F)C2. The number of benzene rings is 3. The maximum absolute atomic E-state index is 14.7. The zero-order valence-electron chi connectivity index (χ0n) is 20.2. The lowest BCUT2D eigenvalue weighted by molar-refractivity contribution is -0.972. The quantitative estimate of drug-likeness (QED) is 0.360. The van der Waals surface area contributed by atoms with E-state index in [-0.39, 0.29) is 30.3 Å². The number of carbonyl (C=O) groups excluding carboxylic acids is 1. The van der Waals surface area contributed by atoms with Crippen molar-refractivity contribution in [2.24, 2.45) is 5.92 Å². The molecule has 0 aromatic heterocycles. The van der Waals surface area contributed by atoms with Crippen LogP contribution in [-0.2, 0) is 11.3 Å². The standard InChI is InChI=1S/C29H30F3N2O2/c1-20(22-7-3-2-4-8-22)34-15-13-23(14-16-34)28(19-34)36-29(35)33(27-10-6-5-9-25(27)31)18-21-11-12-24(30)26(32)17-21/h2-12,17,20,23,28H,13-16,18-19H2,1H3/q+1/t20?,23?,28-,34?/m0/s1. The van der Waals surface area contributed by atoms with E-state index in [1.807, 2.05) is 18.2 Å². The maximum atomic E-state index is 14.7. The van der Waals surface area contributed by atoms with Crippen molar-refractivity contribution in [2.75, 3.05) is 24.5 Å². The summed E-state index contributed by atoms with van der Waals surface area (Å²) in [6.07, 6.45) is 0.926. The number of ether oxygens (including phenoxy) is 1. The minimum atomic E-state index is -1.02. The molecule has 2 atom stereocenters. The lowest BCUT2D eigenvalue weighted by Gasteiger charge is -2.55. The fraction of sp³-hybridized carbons (Fsp3) is 0.345. The average Bonchev–Trinajstić information content (AvgIpc) is 2.90. The summed E-state index contributed by atoms with van der Waals surface area (Å²) in [7, 11) is 0. The van der Waals surface area contributed by atoms with E-state index >= 15 is 0 Å². The molecule has 7 heteroatoms. The number of rotatable bonds is 6. The van der Waals surface area contributed by atoms with E-state index in [4.69, 9.17) is 4.74 Å². The molecule has 3 heterocycles. The predicted molar refractivity (Wildman–Crippen MR) is 132 cm³/mol. The summed E-state index contributed by atoms with van der Waals surface area (Å²) in [6, 6.07) is 19.9. The first-order valence-electron chi connectivity index (χ1n) is 12.4. The van der Waals surface area contributed by atoms with Gasteiger partial charge < -0.3 is 9.22 Å². The van der Waals surface area contributed by atoms with Crippen molar-refractivity contribution >= 4 is 11.8 Å². The fourth-order valence-corrected chi connectivity index (χ4v) is 5.82. The Morgan fingerprint density at radius 3 is 2.33 bits per heavy atom. The van der Waals surface area contributed by atoms with E-state index in [9.17, 15) is 18.0 Å². The van der Waals surface area contributed by atoms with Crippen molar-refractivity contribution in [3.8, 4) is 0 Å². The molecule has 0 saturated carbocycles. The van der Waals surface area contributed by atoms with E-state index < -0.39 is 23.5 Å². The zero-order valence-corrected chi connectivity index (χ0v) is 20.2. The molecule has 3 fully saturated rings. The molecule has 1 unspecified atom stereocenters. The van der Waals surface area contributed by atoms with Gasteiger partial charge in [-0.15, -0.1) is 0 Å². The Kier molecular flexibility index (Phi) is 6.75. The molecule has 4 nitrogen and oxygen atoms in total. The predicted octanol–water partition coefficient (Wildman–Crippen LogP) is 6.62. The van der Waals surface area contributed by atoms with Crippen LogP contribution < -0.4 is 4.90 Å². The smallest absolute Gasteiger partial charge is 0.415 e. The molecule has 3 aromatic carbocycles. The Labute approximate surface area is 209 Å². The summed E-state index contributed by atoms with van der Waals surface area (Å²) in [5.41, 5.74) is 1.63. The molecule has 0 spiro atoms. The number of halogens is 3. The van der Waals surface area contributed by atoms with Crippen LogP contribution in [0.5, 0.6) is 0 Å². The first-order valence-corrected chi connectivity index (χ1v) is 12.4. The second-order valence-electron chi connectivity index (χ2n) is 9.98. The van der Waals surface area contributed by atoms with E-state index in [1.54, 1.807) is 6.07 Å². The van der Waals surface area contributed by atoms with E-state index in [0.717, 1.165) is 42.5 Å². The zero-order chi connectivity index (χ0) is 25.3. The van der Waals surface area contributed by atoms with Crippen LogP contribution in [0.1, 0.15) is 36.9 Å². The second kappa shape index (κ2) is 9.97. The molecule has 3 saturated heterocycles. The van der Waals surface area contributed by atoms with Gasteiger partial charge in [0.15, 0.2) is 17.7 Å². The van der Waals surface area contributed by atoms with Gasteiger partial charge in [0.25, 0.3) is 0 Å². The van der Waals surface area contributed by atoms with Crippen LogP contribution in [0.2, 0.25) is 0 Å². The number of quaternary nitrogens is 1. The molecule has 0 radical (unpaired) electrons. The minimum absolute atomic E-state index is 0.0371. The lowest BCUT2D eigenvalue weighted by Crippen LogP contribution is -2.65. The maximum Gasteiger partial charge on any atom is 0.415 e. The van der Waals surface area contributed by atoms with Crippen LogP contribution in [0.15, 0.2) is 72.8 Å². The summed E-state index contributed by atoms with van der Waals surface area (Å²) < 4.78 is 49.0. The number of hydrogen-bond acceptors (Lipinski definition) is 2. The third-order valence-electron chi connectivity index (χ3n) is 8.00. The summed E-state index contributed by atoms with van der Waals surface area (Å²) >= 11 is 0. The minimum Gasteiger partial charge on any atom is -0.440 e. The Hall–Kier alpha value is -3.32. The van der Waals surface area contributed by atoms with Gasteiger partial charge in [-0.2, -0.15) is 0 Å². The summed E-state index contributed by atoms with van der Waals surface area (Å²) in [4.78, 5) is 14.7. The number of fused-ring (bicyclic) bond motifs is 3. The molecular formula is C29H30F3N2O2+. The number of piperidine rings is 3. The van der Waals surface area contributed by atoms with Crippen LogP contribution in [0.4, 0.5) is 23.7 Å². The second-order valence-corrected chi connectivity index (χ2v) is 9.98. The van der Waals surface area contributed by atoms with Gasteiger partial charge in [0, 0.05) is 24.3 Å². The van der Waals surface area contributed by atoms with Gasteiger partial charge in [-0.3, -0.25) is 4.90 Å². The Balaban J connectivity index is 1.38. The highest BCUT2D eigenvalue weighted by Gasteiger charge is 2.50. The van der Waals surface area contributed by atoms with Crippen molar-refractivity contribution in [1.29, 1.82) is 0 Å². The summed E-state index contributed by atoms with van der Waals surface area (Å²) in [5, 5.41) is 0. The largest absolute Gasteiger partial charge is 0.440 e. The van der Waals surface area contributed by atoms with Gasteiger partial charge in [-0.05, 0) is 36.8 Å². The van der Waals surface area contributed by atoms with Crippen LogP contribution in [-0.4, -0.2) is 36.3 Å². The molecule has 3 aliphatic heterocycles. The molecule has 3 aromatic rings. The molecule has 3 aliphatic rings. The average molecular weight is 496 g/mol. The molecular weight excluding hydrogens is 465 g/mol. The van der Waals surface area contributed by atoms with Crippen LogP contribution in [0, 0.1) is 23.4 Å². The Morgan fingerprint density at radius 1 is 0.944 bits per heavy atom. The number of nitrogens with zero attached hydrogens (tertiary/aromatic N) is 2. The van der Waals surface area contributed by atoms with Gasteiger partial charge in [0.1, 0.15) is 18.4 Å². The summed E-state index contributed by atoms with van der Waals surface area (Å²) in [5.74, 6) is -2.34. The van der Waals surface area contributed by atoms with Crippen LogP contribution in [0.25, 0.3) is 0 Å². The Morgan fingerprint density at radius 2 is 1.64 bits per heavy atom. The molecule has 188 valence electrons.